The van der Waals surface area contributed by atoms with Gasteiger partial charge < -0.3 is 10.6 Å². The molecule has 0 radical (unpaired) electrons. The minimum atomic E-state index is -0.234. The molecule has 9 heavy (non-hydrogen) atoms. The predicted molar refractivity (Wildman–Crippen MR) is 28.5 cm³/mol. The zero-order chi connectivity index (χ0) is 6.43. The first kappa shape index (κ1) is 4.78. The van der Waals surface area contributed by atoms with Crippen LogP contribution in [0.2, 0.25) is 0 Å². The van der Waals surface area contributed by atoms with Gasteiger partial charge in [-0.2, -0.15) is 0 Å². The van der Waals surface area contributed by atoms with Crippen LogP contribution in [0.25, 0.3) is 0 Å². The van der Waals surface area contributed by atoms with Crippen LogP contribution in [-0.4, -0.2) is 23.9 Å². The Morgan fingerprint density at radius 2 is 1.56 bits per heavy atom. The Bertz CT molecular complexity index is 169. The number of piperazine rings is 1. The maximum atomic E-state index is 10.7. The summed E-state index contributed by atoms with van der Waals surface area (Å²) in [5.41, 5.74) is 0. The molecule has 0 aromatic rings. The van der Waals surface area contributed by atoms with Gasteiger partial charge in [0.25, 0.3) is 0 Å². The zero-order valence-corrected chi connectivity index (χ0v) is 4.68. The van der Waals surface area contributed by atoms with Gasteiger partial charge in [0.15, 0.2) is 0 Å². The minimum absolute atomic E-state index is 0.0420. The van der Waals surface area contributed by atoms with Crippen molar-refractivity contribution in [3.8, 4) is 0 Å². The highest BCUT2D eigenvalue weighted by Crippen LogP contribution is 2.14. The van der Waals surface area contributed by atoms with Crippen molar-refractivity contribution in [3.05, 3.63) is 0 Å². The summed E-state index contributed by atoms with van der Waals surface area (Å²) < 4.78 is 0. The predicted octanol–water partition coefficient (Wildman–Crippen LogP) is -1.63. The fourth-order valence-corrected chi connectivity index (χ4v) is 1.24. The lowest BCUT2D eigenvalue weighted by atomic mass is 10.2. The Morgan fingerprint density at radius 1 is 1.11 bits per heavy atom. The molecule has 2 fully saturated rings. The summed E-state index contributed by atoms with van der Waals surface area (Å²) in [6, 6.07) is -0.468. The standard InChI is InChI=1S/C5H6N2O2/c8-4-2-1-3(7-4)5(9)6-2/h2-3H,1H2,(H,6,9)(H,7,8). The molecule has 2 bridgehead atoms. The molecule has 2 N–H and O–H groups in total. The number of hydrogen-bond acceptors (Lipinski definition) is 2. The van der Waals surface area contributed by atoms with Crippen LogP contribution in [0.3, 0.4) is 0 Å². The van der Waals surface area contributed by atoms with Crippen molar-refractivity contribution in [2.24, 2.45) is 0 Å². The molecular weight excluding hydrogens is 120 g/mol. The van der Waals surface area contributed by atoms with E-state index in [4.69, 9.17) is 0 Å². The molecule has 0 aromatic carbocycles. The van der Waals surface area contributed by atoms with E-state index in [0.29, 0.717) is 6.42 Å². The maximum Gasteiger partial charge on any atom is 0.243 e. The number of rotatable bonds is 0. The smallest absolute Gasteiger partial charge is 0.243 e. The quantitative estimate of drug-likeness (QED) is 0.409. The molecule has 4 heteroatoms. The van der Waals surface area contributed by atoms with Crippen molar-refractivity contribution in [1.29, 1.82) is 0 Å². The molecule has 0 aliphatic carbocycles. The topological polar surface area (TPSA) is 58.2 Å². The molecule has 2 aliphatic rings. The van der Waals surface area contributed by atoms with Gasteiger partial charge in [-0.25, -0.2) is 0 Å². The van der Waals surface area contributed by atoms with Gasteiger partial charge in [0.1, 0.15) is 12.1 Å². The minimum Gasteiger partial charge on any atom is -0.342 e. The van der Waals surface area contributed by atoms with Gasteiger partial charge in [0.2, 0.25) is 11.8 Å². The molecule has 0 spiro atoms. The SMILES string of the molecule is O=C1NC2CC1NC2=O. The van der Waals surface area contributed by atoms with Crippen molar-refractivity contribution in [2.45, 2.75) is 18.5 Å². The summed E-state index contributed by atoms with van der Waals surface area (Å²) in [4.78, 5) is 21.3. The first-order chi connectivity index (χ1) is 4.27. The Balaban J connectivity index is 2.28. The third-order valence-electron chi connectivity index (χ3n) is 1.74. The summed E-state index contributed by atoms with van der Waals surface area (Å²) in [6.45, 7) is 0. The van der Waals surface area contributed by atoms with Gasteiger partial charge in [0, 0.05) is 6.42 Å². The number of hydrogen-bond donors (Lipinski definition) is 2. The van der Waals surface area contributed by atoms with Gasteiger partial charge >= 0.3 is 0 Å². The lowest BCUT2D eigenvalue weighted by Crippen LogP contribution is -2.48. The zero-order valence-electron chi connectivity index (χ0n) is 4.68. The van der Waals surface area contributed by atoms with Crippen LogP contribution in [0.4, 0.5) is 0 Å². The van der Waals surface area contributed by atoms with Gasteiger partial charge in [-0.05, 0) is 0 Å². The van der Waals surface area contributed by atoms with Gasteiger partial charge in [-0.15, -0.1) is 0 Å². The molecule has 2 unspecified atom stereocenters. The molecule has 2 saturated heterocycles. The third-order valence-corrected chi connectivity index (χ3v) is 1.74. The highest BCUT2D eigenvalue weighted by molar-refractivity contribution is 6.01. The van der Waals surface area contributed by atoms with E-state index in [-0.39, 0.29) is 23.9 Å². The lowest BCUT2D eigenvalue weighted by Gasteiger charge is -2.10. The summed E-state index contributed by atoms with van der Waals surface area (Å²) in [7, 11) is 0. The molecule has 48 valence electrons. The van der Waals surface area contributed by atoms with E-state index in [9.17, 15) is 9.59 Å². The van der Waals surface area contributed by atoms with Crippen molar-refractivity contribution in [1.82, 2.24) is 10.6 Å². The third kappa shape index (κ3) is 0.472. The Labute approximate surface area is 51.6 Å². The van der Waals surface area contributed by atoms with Crippen LogP contribution in [-0.2, 0) is 9.59 Å². The molecule has 4 nitrogen and oxygen atoms in total. The molecule has 2 aliphatic heterocycles. The first-order valence-electron chi connectivity index (χ1n) is 2.88. The Morgan fingerprint density at radius 3 is 1.78 bits per heavy atom. The Kier molecular flexibility index (Phi) is 0.670. The van der Waals surface area contributed by atoms with Crippen LogP contribution in [0, 0.1) is 0 Å². The van der Waals surface area contributed by atoms with E-state index >= 15 is 0 Å². The van der Waals surface area contributed by atoms with Crippen LogP contribution < -0.4 is 10.6 Å². The average molecular weight is 126 g/mol. The summed E-state index contributed by atoms with van der Waals surface area (Å²) in [6.07, 6.45) is 0.637. The normalized spacial score (nSPS) is 38.7. The molecule has 0 aromatic heterocycles. The van der Waals surface area contributed by atoms with E-state index in [2.05, 4.69) is 10.6 Å². The second kappa shape index (κ2) is 1.26. The van der Waals surface area contributed by atoms with E-state index < -0.39 is 0 Å². The largest absolute Gasteiger partial charge is 0.342 e. The summed E-state index contributed by atoms with van der Waals surface area (Å²) >= 11 is 0. The van der Waals surface area contributed by atoms with Gasteiger partial charge in [-0.1, -0.05) is 0 Å². The first-order valence-corrected chi connectivity index (χ1v) is 2.88. The number of nitrogens with one attached hydrogen (secondary N) is 2. The summed E-state index contributed by atoms with van der Waals surface area (Å²) in [5.74, 6) is -0.0841. The van der Waals surface area contributed by atoms with Crippen molar-refractivity contribution < 1.29 is 9.59 Å². The van der Waals surface area contributed by atoms with E-state index in [1.165, 1.54) is 0 Å². The molecule has 2 heterocycles. The van der Waals surface area contributed by atoms with E-state index in [1.54, 1.807) is 0 Å². The molecule has 2 rings (SSSR count). The fourth-order valence-electron chi connectivity index (χ4n) is 1.24. The van der Waals surface area contributed by atoms with Crippen molar-refractivity contribution in [3.63, 3.8) is 0 Å². The van der Waals surface area contributed by atoms with Crippen LogP contribution in [0.15, 0.2) is 0 Å². The number of amides is 2. The maximum absolute atomic E-state index is 10.7. The van der Waals surface area contributed by atoms with E-state index in [0.717, 1.165) is 0 Å². The van der Waals surface area contributed by atoms with Crippen molar-refractivity contribution in [2.75, 3.05) is 0 Å². The molecular formula is C5H6N2O2. The second-order valence-corrected chi connectivity index (χ2v) is 2.36. The van der Waals surface area contributed by atoms with Crippen LogP contribution in [0.5, 0.6) is 0 Å². The van der Waals surface area contributed by atoms with Crippen LogP contribution >= 0.6 is 0 Å². The van der Waals surface area contributed by atoms with Crippen LogP contribution in [0.1, 0.15) is 6.42 Å². The summed E-state index contributed by atoms with van der Waals surface area (Å²) in [5, 5.41) is 5.10. The number of fused-ring (bicyclic) bond motifs is 2. The second-order valence-electron chi connectivity index (χ2n) is 2.36. The number of carbonyl (C=O) groups is 2. The fraction of sp³-hybridized carbons (Fsp3) is 0.600. The molecule has 2 atom stereocenters. The Hall–Kier alpha value is -1.06. The van der Waals surface area contributed by atoms with E-state index in [1.807, 2.05) is 0 Å². The lowest BCUT2D eigenvalue weighted by molar-refractivity contribution is -0.130. The highest BCUT2D eigenvalue weighted by atomic mass is 16.2. The van der Waals surface area contributed by atoms with Gasteiger partial charge in [0.05, 0.1) is 0 Å². The monoisotopic (exact) mass is 126 g/mol. The van der Waals surface area contributed by atoms with Gasteiger partial charge in [-0.3, -0.25) is 9.59 Å². The molecule has 0 saturated carbocycles. The highest BCUT2D eigenvalue weighted by Gasteiger charge is 2.43. The molecule has 2 amide bonds. The number of carbonyl (C=O) groups excluding carboxylic acids is 2. The van der Waals surface area contributed by atoms with Crippen molar-refractivity contribution >= 4 is 11.8 Å². The average Bonchev–Trinajstić information content (AvgIpc) is 2.24.